The van der Waals surface area contributed by atoms with Crippen LogP contribution in [-0.2, 0) is 9.59 Å². The third-order valence-corrected chi connectivity index (χ3v) is 5.56. The van der Waals surface area contributed by atoms with Crippen LogP contribution in [0.5, 0.6) is 11.5 Å². The number of carbonyl (C=O) groups is 2. The van der Waals surface area contributed by atoms with Gasteiger partial charge in [-0.1, -0.05) is 13.3 Å². The van der Waals surface area contributed by atoms with Crippen molar-refractivity contribution in [3.05, 3.63) is 18.2 Å². The van der Waals surface area contributed by atoms with Gasteiger partial charge >= 0.3 is 0 Å². The number of amides is 2. The Kier molecular flexibility index (Phi) is 5.69. The number of nitrogens with zero attached hydrogens (tertiary/aromatic N) is 2. The number of carbonyl (C=O) groups excluding carboxylic acids is 2. The molecular formula is C20H28N2O4. The SMILES string of the molecule is CCC1CCCN(C(=O)C2CC(=O)N(c3cc(OC)ccc3OC)C2)C1. The fourth-order valence-electron chi connectivity index (χ4n) is 3.97. The summed E-state index contributed by atoms with van der Waals surface area (Å²) in [5, 5.41) is 0. The molecule has 26 heavy (non-hydrogen) atoms. The lowest BCUT2D eigenvalue weighted by Crippen LogP contribution is -2.43. The number of anilines is 1. The van der Waals surface area contributed by atoms with Crippen molar-refractivity contribution in [2.24, 2.45) is 11.8 Å². The van der Waals surface area contributed by atoms with E-state index in [1.54, 1.807) is 37.3 Å². The monoisotopic (exact) mass is 360 g/mol. The van der Waals surface area contributed by atoms with Crippen LogP contribution in [0.25, 0.3) is 0 Å². The second kappa shape index (κ2) is 7.98. The van der Waals surface area contributed by atoms with E-state index >= 15 is 0 Å². The molecule has 2 heterocycles. The minimum atomic E-state index is -0.283. The van der Waals surface area contributed by atoms with Crippen LogP contribution in [0.4, 0.5) is 5.69 Å². The van der Waals surface area contributed by atoms with E-state index in [0.717, 1.165) is 25.9 Å². The molecule has 0 radical (unpaired) electrons. The van der Waals surface area contributed by atoms with E-state index in [-0.39, 0.29) is 24.2 Å². The number of hydrogen-bond acceptors (Lipinski definition) is 4. The molecule has 142 valence electrons. The number of likely N-dealkylation sites (tertiary alicyclic amines) is 1. The third kappa shape index (κ3) is 3.64. The van der Waals surface area contributed by atoms with Crippen LogP contribution in [0.2, 0.25) is 0 Å². The largest absolute Gasteiger partial charge is 0.497 e. The molecule has 2 aliphatic heterocycles. The molecule has 2 fully saturated rings. The Morgan fingerprint density at radius 3 is 2.73 bits per heavy atom. The second-order valence-corrected chi connectivity index (χ2v) is 7.14. The Balaban J connectivity index is 1.75. The van der Waals surface area contributed by atoms with Gasteiger partial charge in [0.2, 0.25) is 11.8 Å². The van der Waals surface area contributed by atoms with E-state index in [1.165, 1.54) is 6.42 Å². The smallest absolute Gasteiger partial charge is 0.228 e. The molecule has 1 aromatic rings. The third-order valence-electron chi connectivity index (χ3n) is 5.56. The molecule has 0 aliphatic carbocycles. The number of piperidine rings is 1. The van der Waals surface area contributed by atoms with Crippen LogP contribution in [0, 0.1) is 11.8 Å². The molecule has 0 N–H and O–H groups in total. The molecule has 1 aromatic carbocycles. The molecule has 2 saturated heterocycles. The van der Waals surface area contributed by atoms with Crippen molar-refractivity contribution >= 4 is 17.5 Å². The molecule has 0 saturated carbocycles. The van der Waals surface area contributed by atoms with Crippen molar-refractivity contribution in [3.8, 4) is 11.5 Å². The van der Waals surface area contributed by atoms with E-state index in [4.69, 9.17) is 9.47 Å². The summed E-state index contributed by atoms with van der Waals surface area (Å²) in [5.41, 5.74) is 0.664. The quantitative estimate of drug-likeness (QED) is 0.810. The van der Waals surface area contributed by atoms with E-state index in [0.29, 0.717) is 29.6 Å². The molecule has 2 amide bonds. The van der Waals surface area contributed by atoms with Crippen LogP contribution >= 0.6 is 0 Å². The predicted molar refractivity (Wildman–Crippen MR) is 99.6 cm³/mol. The maximum Gasteiger partial charge on any atom is 0.228 e. The van der Waals surface area contributed by atoms with E-state index in [2.05, 4.69) is 6.92 Å². The second-order valence-electron chi connectivity index (χ2n) is 7.14. The van der Waals surface area contributed by atoms with Gasteiger partial charge in [0.25, 0.3) is 0 Å². The maximum atomic E-state index is 13.0. The summed E-state index contributed by atoms with van der Waals surface area (Å²) in [6.45, 7) is 4.20. The zero-order valence-electron chi connectivity index (χ0n) is 15.9. The number of benzene rings is 1. The van der Waals surface area contributed by atoms with Gasteiger partial charge in [0, 0.05) is 32.1 Å². The van der Waals surface area contributed by atoms with Crippen LogP contribution in [0.1, 0.15) is 32.6 Å². The molecule has 2 unspecified atom stereocenters. The maximum absolute atomic E-state index is 13.0. The van der Waals surface area contributed by atoms with Crippen LogP contribution in [-0.4, -0.2) is 50.6 Å². The van der Waals surface area contributed by atoms with Gasteiger partial charge < -0.3 is 19.3 Å². The Bertz CT molecular complexity index is 676. The van der Waals surface area contributed by atoms with Crippen molar-refractivity contribution in [2.75, 3.05) is 38.8 Å². The van der Waals surface area contributed by atoms with Crippen molar-refractivity contribution < 1.29 is 19.1 Å². The topological polar surface area (TPSA) is 59.1 Å². The highest BCUT2D eigenvalue weighted by Gasteiger charge is 2.39. The molecule has 0 spiro atoms. The standard InChI is InChI=1S/C20H28N2O4/c1-4-14-6-5-9-21(12-14)20(24)15-10-19(23)22(13-15)17-11-16(25-2)7-8-18(17)26-3/h7-8,11,14-15H,4-6,9-10,12-13H2,1-3H3. The molecule has 6 nitrogen and oxygen atoms in total. The zero-order chi connectivity index (χ0) is 18.7. The Morgan fingerprint density at radius 2 is 2.04 bits per heavy atom. The molecular weight excluding hydrogens is 332 g/mol. The van der Waals surface area contributed by atoms with Gasteiger partial charge in [-0.25, -0.2) is 0 Å². The van der Waals surface area contributed by atoms with Crippen LogP contribution < -0.4 is 14.4 Å². The number of rotatable bonds is 5. The van der Waals surface area contributed by atoms with Crippen molar-refractivity contribution in [2.45, 2.75) is 32.6 Å². The highest BCUT2D eigenvalue weighted by molar-refractivity contribution is 6.01. The lowest BCUT2D eigenvalue weighted by Gasteiger charge is -2.33. The minimum absolute atomic E-state index is 0.0426. The first kappa shape index (κ1) is 18.5. The van der Waals surface area contributed by atoms with E-state index < -0.39 is 0 Å². The van der Waals surface area contributed by atoms with Gasteiger partial charge in [-0.15, -0.1) is 0 Å². The summed E-state index contributed by atoms with van der Waals surface area (Å²) in [5.74, 6) is 1.63. The molecule has 6 heteroatoms. The average Bonchev–Trinajstić information content (AvgIpc) is 3.08. The molecule has 0 aromatic heterocycles. The summed E-state index contributed by atoms with van der Waals surface area (Å²) in [7, 11) is 3.16. The summed E-state index contributed by atoms with van der Waals surface area (Å²) in [6, 6.07) is 5.37. The molecule has 3 rings (SSSR count). The van der Waals surface area contributed by atoms with E-state index in [9.17, 15) is 9.59 Å². The zero-order valence-corrected chi connectivity index (χ0v) is 15.9. The Hall–Kier alpha value is -2.24. The molecule has 2 aliphatic rings. The Morgan fingerprint density at radius 1 is 1.23 bits per heavy atom. The highest BCUT2D eigenvalue weighted by Crippen LogP contribution is 2.36. The summed E-state index contributed by atoms with van der Waals surface area (Å²) in [4.78, 5) is 29.2. The number of hydrogen-bond donors (Lipinski definition) is 0. The fourth-order valence-corrected chi connectivity index (χ4v) is 3.97. The average molecular weight is 360 g/mol. The van der Waals surface area contributed by atoms with Gasteiger partial charge in [-0.2, -0.15) is 0 Å². The molecule has 0 bridgehead atoms. The minimum Gasteiger partial charge on any atom is -0.497 e. The van der Waals surface area contributed by atoms with Crippen LogP contribution in [0.15, 0.2) is 18.2 Å². The first-order valence-electron chi connectivity index (χ1n) is 9.38. The first-order valence-corrected chi connectivity index (χ1v) is 9.38. The summed E-state index contributed by atoms with van der Waals surface area (Å²) in [6.07, 6.45) is 3.60. The number of methoxy groups -OCH3 is 2. The summed E-state index contributed by atoms with van der Waals surface area (Å²) >= 11 is 0. The van der Waals surface area contributed by atoms with Crippen molar-refractivity contribution in [1.82, 2.24) is 4.90 Å². The normalized spacial score (nSPS) is 23.3. The number of ether oxygens (including phenoxy) is 2. The Labute approximate surface area is 155 Å². The van der Waals surface area contributed by atoms with Gasteiger partial charge in [-0.3, -0.25) is 9.59 Å². The van der Waals surface area contributed by atoms with Gasteiger partial charge in [0.1, 0.15) is 11.5 Å². The molecule has 2 atom stereocenters. The lowest BCUT2D eigenvalue weighted by molar-refractivity contribution is -0.137. The van der Waals surface area contributed by atoms with Gasteiger partial charge in [-0.05, 0) is 30.9 Å². The summed E-state index contributed by atoms with van der Waals surface area (Å²) < 4.78 is 10.7. The van der Waals surface area contributed by atoms with Crippen molar-refractivity contribution in [1.29, 1.82) is 0 Å². The van der Waals surface area contributed by atoms with Crippen molar-refractivity contribution in [3.63, 3.8) is 0 Å². The fraction of sp³-hybridized carbons (Fsp3) is 0.600. The van der Waals surface area contributed by atoms with Gasteiger partial charge in [0.15, 0.2) is 0 Å². The highest BCUT2D eigenvalue weighted by atomic mass is 16.5. The van der Waals surface area contributed by atoms with Crippen LogP contribution in [0.3, 0.4) is 0 Å². The predicted octanol–water partition coefficient (Wildman–Crippen LogP) is 2.71. The van der Waals surface area contributed by atoms with Gasteiger partial charge in [0.05, 0.1) is 25.8 Å². The first-order chi connectivity index (χ1) is 12.6. The lowest BCUT2D eigenvalue weighted by atomic mass is 9.94. The van der Waals surface area contributed by atoms with E-state index in [1.807, 2.05) is 4.90 Å².